The van der Waals surface area contributed by atoms with Crippen LogP contribution >= 0.6 is 0 Å². The highest BCUT2D eigenvalue weighted by Crippen LogP contribution is 2.18. The lowest BCUT2D eigenvalue weighted by Gasteiger charge is -2.10. The molecule has 0 aliphatic carbocycles. The summed E-state index contributed by atoms with van der Waals surface area (Å²) in [5.41, 5.74) is 2.10. The van der Waals surface area contributed by atoms with Gasteiger partial charge in [0.1, 0.15) is 24.7 Å². The number of aryl methyl sites for hydroxylation is 1. The van der Waals surface area contributed by atoms with E-state index >= 15 is 0 Å². The van der Waals surface area contributed by atoms with E-state index in [-0.39, 0.29) is 18.3 Å². The number of fused-ring (bicyclic) bond motifs is 1. The Morgan fingerprint density at radius 2 is 1.92 bits per heavy atom. The second kappa shape index (κ2) is 7.17. The molecule has 124 valence electrons. The normalized spacial score (nSPS) is 10.8. The number of ether oxygens (including phenoxy) is 1. The molecule has 0 spiro atoms. The first kappa shape index (κ1) is 16.1. The highest BCUT2D eigenvalue weighted by molar-refractivity contribution is 5.84. The van der Waals surface area contributed by atoms with Crippen molar-refractivity contribution in [2.45, 2.75) is 13.5 Å². The molecule has 4 nitrogen and oxygen atoms in total. The Balaban J connectivity index is 1.50. The summed E-state index contributed by atoms with van der Waals surface area (Å²) in [6.45, 7) is 3.00. The van der Waals surface area contributed by atoms with Crippen LogP contribution in [0.5, 0.6) is 5.75 Å². The van der Waals surface area contributed by atoms with E-state index in [2.05, 4.69) is 11.4 Å². The number of aromatic nitrogens is 1. The van der Waals surface area contributed by atoms with Gasteiger partial charge in [-0.3, -0.25) is 4.79 Å². The van der Waals surface area contributed by atoms with Gasteiger partial charge in [0, 0.05) is 11.2 Å². The lowest BCUT2D eigenvalue weighted by Crippen LogP contribution is -2.31. The van der Waals surface area contributed by atoms with Gasteiger partial charge in [-0.05, 0) is 48.7 Å². The summed E-state index contributed by atoms with van der Waals surface area (Å²) in [4.78, 5) is 12.1. The van der Waals surface area contributed by atoms with Crippen molar-refractivity contribution >= 4 is 16.8 Å². The highest BCUT2D eigenvalue weighted by Gasteiger charge is 2.09. The maximum atomic E-state index is 12.8. The third-order valence-corrected chi connectivity index (χ3v) is 3.83. The van der Waals surface area contributed by atoms with Crippen LogP contribution in [0.25, 0.3) is 10.9 Å². The van der Waals surface area contributed by atoms with Gasteiger partial charge in [0.25, 0.3) is 0 Å². The minimum atomic E-state index is -0.301. The standard InChI is InChI=1S/C19H19FN2O2/c1-14-12-15-4-2-3-5-18(15)22(14)13-19(23)21-10-11-24-17-8-6-16(20)7-9-17/h2-9,12H,10-11,13H2,1H3,(H,21,23). The van der Waals surface area contributed by atoms with Gasteiger partial charge < -0.3 is 14.6 Å². The average Bonchev–Trinajstić information content (AvgIpc) is 2.89. The molecule has 1 aromatic heterocycles. The number of hydrogen-bond donors (Lipinski definition) is 1. The van der Waals surface area contributed by atoms with Crippen molar-refractivity contribution in [1.82, 2.24) is 9.88 Å². The zero-order valence-corrected chi connectivity index (χ0v) is 13.5. The maximum absolute atomic E-state index is 12.8. The average molecular weight is 326 g/mol. The van der Waals surface area contributed by atoms with Crippen molar-refractivity contribution in [1.29, 1.82) is 0 Å². The van der Waals surface area contributed by atoms with Crippen LogP contribution in [-0.4, -0.2) is 23.6 Å². The van der Waals surface area contributed by atoms with Gasteiger partial charge in [-0.2, -0.15) is 0 Å². The first-order chi connectivity index (χ1) is 11.6. The molecule has 0 radical (unpaired) electrons. The minimum absolute atomic E-state index is 0.0674. The molecule has 0 aliphatic heterocycles. The Morgan fingerprint density at radius 1 is 1.17 bits per heavy atom. The number of carbonyl (C=O) groups excluding carboxylic acids is 1. The van der Waals surface area contributed by atoms with E-state index < -0.39 is 0 Å². The molecule has 3 rings (SSSR count). The quantitative estimate of drug-likeness (QED) is 0.707. The van der Waals surface area contributed by atoms with E-state index in [4.69, 9.17) is 4.74 Å². The summed E-state index contributed by atoms with van der Waals surface area (Å²) in [5.74, 6) is 0.213. The summed E-state index contributed by atoms with van der Waals surface area (Å²) in [7, 11) is 0. The number of carbonyl (C=O) groups is 1. The second-order valence-corrected chi connectivity index (χ2v) is 5.58. The van der Waals surface area contributed by atoms with Crippen molar-refractivity contribution < 1.29 is 13.9 Å². The Hall–Kier alpha value is -2.82. The van der Waals surface area contributed by atoms with Crippen LogP contribution in [0.3, 0.4) is 0 Å². The zero-order chi connectivity index (χ0) is 16.9. The van der Waals surface area contributed by atoms with E-state index in [9.17, 15) is 9.18 Å². The summed E-state index contributed by atoms with van der Waals surface area (Å²) in [5, 5.41) is 3.96. The van der Waals surface area contributed by atoms with Gasteiger partial charge in [-0.1, -0.05) is 18.2 Å². The predicted molar refractivity (Wildman–Crippen MR) is 91.6 cm³/mol. The van der Waals surface area contributed by atoms with Gasteiger partial charge in [-0.15, -0.1) is 0 Å². The van der Waals surface area contributed by atoms with Gasteiger partial charge in [0.15, 0.2) is 0 Å². The number of halogens is 1. The minimum Gasteiger partial charge on any atom is -0.492 e. The number of amides is 1. The van der Waals surface area contributed by atoms with Crippen molar-refractivity contribution in [2.75, 3.05) is 13.2 Å². The van der Waals surface area contributed by atoms with Crippen molar-refractivity contribution in [2.24, 2.45) is 0 Å². The molecule has 0 saturated heterocycles. The third kappa shape index (κ3) is 3.74. The number of nitrogens with zero attached hydrogens (tertiary/aromatic N) is 1. The molecule has 1 heterocycles. The molecule has 0 atom stereocenters. The van der Waals surface area contributed by atoms with E-state index in [1.807, 2.05) is 35.8 Å². The van der Waals surface area contributed by atoms with Gasteiger partial charge in [0.2, 0.25) is 5.91 Å². The van der Waals surface area contributed by atoms with Crippen molar-refractivity contribution in [3.05, 3.63) is 66.1 Å². The van der Waals surface area contributed by atoms with Crippen LogP contribution in [-0.2, 0) is 11.3 Å². The number of rotatable bonds is 6. The monoisotopic (exact) mass is 326 g/mol. The summed E-state index contributed by atoms with van der Waals surface area (Å²) in [6, 6.07) is 15.9. The molecule has 0 aliphatic rings. The van der Waals surface area contributed by atoms with Gasteiger partial charge in [-0.25, -0.2) is 4.39 Å². The van der Waals surface area contributed by atoms with E-state index in [1.54, 1.807) is 12.1 Å². The zero-order valence-electron chi connectivity index (χ0n) is 13.5. The molecule has 0 bridgehead atoms. The van der Waals surface area contributed by atoms with E-state index in [0.29, 0.717) is 18.9 Å². The molecule has 2 aromatic carbocycles. The molecular formula is C19H19FN2O2. The highest BCUT2D eigenvalue weighted by atomic mass is 19.1. The smallest absolute Gasteiger partial charge is 0.240 e. The summed E-state index contributed by atoms with van der Waals surface area (Å²) < 4.78 is 20.2. The van der Waals surface area contributed by atoms with Crippen LogP contribution in [0.2, 0.25) is 0 Å². The predicted octanol–water partition coefficient (Wildman–Crippen LogP) is 3.28. The van der Waals surface area contributed by atoms with Crippen LogP contribution in [0, 0.1) is 12.7 Å². The molecular weight excluding hydrogens is 307 g/mol. The lowest BCUT2D eigenvalue weighted by atomic mass is 10.2. The topological polar surface area (TPSA) is 43.3 Å². The number of para-hydroxylation sites is 1. The van der Waals surface area contributed by atoms with E-state index in [1.165, 1.54) is 12.1 Å². The number of nitrogens with one attached hydrogen (secondary N) is 1. The van der Waals surface area contributed by atoms with Crippen LogP contribution < -0.4 is 10.1 Å². The third-order valence-electron chi connectivity index (χ3n) is 3.83. The molecule has 5 heteroatoms. The van der Waals surface area contributed by atoms with Crippen molar-refractivity contribution in [3.8, 4) is 5.75 Å². The van der Waals surface area contributed by atoms with E-state index in [0.717, 1.165) is 16.6 Å². The van der Waals surface area contributed by atoms with Crippen LogP contribution in [0.15, 0.2) is 54.6 Å². The fourth-order valence-electron chi connectivity index (χ4n) is 2.65. The first-order valence-corrected chi connectivity index (χ1v) is 7.83. The Labute approximate surface area is 139 Å². The first-order valence-electron chi connectivity index (χ1n) is 7.83. The SMILES string of the molecule is Cc1cc2ccccc2n1CC(=O)NCCOc1ccc(F)cc1. The Bertz CT molecular complexity index is 840. The number of hydrogen-bond acceptors (Lipinski definition) is 2. The molecule has 0 fully saturated rings. The van der Waals surface area contributed by atoms with Crippen molar-refractivity contribution in [3.63, 3.8) is 0 Å². The largest absolute Gasteiger partial charge is 0.492 e. The Kier molecular flexibility index (Phi) is 4.79. The molecule has 1 N–H and O–H groups in total. The fraction of sp³-hybridized carbons (Fsp3) is 0.211. The molecule has 24 heavy (non-hydrogen) atoms. The van der Waals surface area contributed by atoms with Gasteiger partial charge in [0.05, 0.1) is 6.54 Å². The Morgan fingerprint density at radius 3 is 2.71 bits per heavy atom. The number of benzene rings is 2. The molecule has 1 amide bonds. The molecule has 0 saturated carbocycles. The van der Waals surface area contributed by atoms with Crippen LogP contribution in [0.1, 0.15) is 5.69 Å². The van der Waals surface area contributed by atoms with Crippen LogP contribution in [0.4, 0.5) is 4.39 Å². The molecule has 0 unspecified atom stereocenters. The summed E-state index contributed by atoms with van der Waals surface area (Å²) >= 11 is 0. The second-order valence-electron chi connectivity index (χ2n) is 5.58. The lowest BCUT2D eigenvalue weighted by molar-refractivity contribution is -0.121. The maximum Gasteiger partial charge on any atom is 0.240 e. The van der Waals surface area contributed by atoms with Gasteiger partial charge >= 0.3 is 0 Å². The summed E-state index contributed by atoms with van der Waals surface area (Å²) in [6.07, 6.45) is 0. The fourth-order valence-corrected chi connectivity index (χ4v) is 2.65. The molecule has 3 aromatic rings.